The molecule has 0 atom stereocenters. The van der Waals surface area contributed by atoms with Gasteiger partial charge in [-0.2, -0.15) is 0 Å². The van der Waals surface area contributed by atoms with Gasteiger partial charge in [-0.3, -0.25) is 4.79 Å². The zero-order valence-corrected chi connectivity index (χ0v) is 16.4. The summed E-state index contributed by atoms with van der Waals surface area (Å²) in [6.07, 6.45) is 0. The molecule has 2 aromatic carbocycles. The molecule has 0 spiro atoms. The van der Waals surface area contributed by atoms with Gasteiger partial charge in [-0.1, -0.05) is 48.2 Å². The van der Waals surface area contributed by atoms with E-state index in [-0.39, 0.29) is 12.7 Å². The summed E-state index contributed by atoms with van der Waals surface area (Å²) < 4.78 is 10.7. The summed E-state index contributed by atoms with van der Waals surface area (Å²) in [7, 11) is 0. The van der Waals surface area contributed by atoms with Crippen LogP contribution in [-0.2, 0) is 17.9 Å². The van der Waals surface area contributed by atoms with Gasteiger partial charge in [-0.15, -0.1) is 10.2 Å². The highest BCUT2D eigenvalue weighted by Gasteiger charge is 2.13. The molecule has 0 bridgehead atoms. The summed E-state index contributed by atoms with van der Waals surface area (Å²) in [5, 5.41) is 15.2. The lowest BCUT2D eigenvalue weighted by Gasteiger charge is -2.07. The molecule has 1 amide bonds. The van der Waals surface area contributed by atoms with Gasteiger partial charge in [0, 0.05) is 13.1 Å². The second kappa shape index (κ2) is 9.29. The van der Waals surface area contributed by atoms with Crippen molar-refractivity contribution >= 4 is 23.5 Å². The number of amides is 1. The molecule has 0 saturated carbocycles. The van der Waals surface area contributed by atoms with E-state index in [1.807, 2.05) is 60.7 Å². The summed E-state index contributed by atoms with van der Waals surface area (Å²) in [5.41, 5.74) is 2.13. The van der Waals surface area contributed by atoms with Crippen molar-refractivity contribution in [3.8, 4) is 11.5 Å². The van der Waals surface area contributed by atoms with Crippen LogP contribution in [0.15, 0.2) is 65.7 Å². The van der Waals surface area contributed by atoms with Crippen LogP contribution in [0.1, 0.15) is 11.1 Å². The number of hydrogen-bond donors (Lipinski definition) is 2. The number of anilines is 1. The van der Waals surface area contributed by atoms with E-state index in [4.69, 9.17) is 9.47 Å². The molecule has 1 aromatic heterocycles. The summed E-state index contributed by atoms with van der Waals surface area (Å²) >= 11 is 1.36. The molecule has 0 fully saturated rings. The topological polar surface area (TPSA) is 85.4 Å². The third-order valence-electron chi connectivity index (χ3n) is 4.23. The van der Waals surface area contributed by atoms with Gasteiger partial charge in [0.25, 0.3) is 0 Å². The van der Waals surface area contributed by atoms with Crippen molar-refractivity contribution in [3.63, 3.8) is 0 Å². The molecule has 0 unspecified atom stereocenters. The van der Waals surface area contributed by atoms with Crippen LogP contribution < -0.4 is 20.1 Å². The van der Waals surface area contributed by atoms with E-state index in [1.165, 1.54) is 11.8 Å². The molecule has 7 nitrogen and oxygen atoms in total. The molecule has 8 heteroatoms. The first-order chi connectivity index (χ1) is 14.3. The fourth-order valence-corrected chi connectivity index (χ4v) is 3.37. The van der Waals surface area contributed by atoms with Crippen LogP contribution in [0.5, 0.6) is 11.5 Å². The van der Waals surface area contributed by atoms with Gasteiger partial charge >= 0.3 is 0 Å². The quantitative estimate of drug-likeness (QED) is 0.554. The van der Waals surface area contributed by atoms with Gasteiger partial charge in [-0.05, 0) is 35.4 Å². The molecular weight excluding hydrogens is 388 g/mol. The monoisotopic (exact) mass is 408 g/mol. The highest BCUT2D eigenvalue weighted by Crippen LogP contribution is 2.32. The summed E-state index contributed by atoms with van der Waals surface area (Å²) in [6, 6.07) is 19.3. The van der Waals surface area contributed by atoms with Crippen molar-refractivity contribution in [1.82, 2.24) is 15.5 Å². The zero-order chi connectivity index (χ0) is 19.9. The van der Waals surface area contributed by atoms with E-state index in [1.54, 1.807) is 0 Å². The van der Waals surface area contributed by atoms with E-state index in [0.29, 0.717) is 29.7 Å². The molecule has 1 aliphatic rings. The number of benzene rings is 2. The van der Waals surface area contributed by atoms with Crippen molar-refractivity contribution in [2.24, 2.45) is 0 Å². The lowest BCUT2D eigenvalue weighted by Crippen LogP contribution is -2.24. The minimum absolute atomic E-state index is 0.0364. The van der Waals surface area contributed by atoms with Crippen molar-refractivity contribution < 1.29 is 14.3 Å². The first kappa shape index (κ1) is 19.1. The lowest BCUT2D eigenvalue weighted by atomic mass is 10.2. The van der Waals surface area contributed by atoms with Crippen LogP contribution in [0, 0.1) is 0 Å². The Labute approximate surface area is 172 Å². The molecule has 2 N–H and O–H groups in total. The highest BCUT2D eigenvalue weighted by molar-refractivity contribution is 7.99. The third kappa shape index (κ3) is 5.39. The van der Waals surface area contributed by atoms with Crippen molar-refractivity contribution in [3.05, 3.63) is 71.8 Å². The van der Waals surface area contributed by atoms with Crippen LogP contribution in [0.25, 0.3) is 0 Å². The molecule has 0 radical (unpaired) electrons. The van der Waals surface area contributed by atoms with E-state index < -0.39 is 0 Å². The number of nitrogens with one attached hydrogen (secondary N) is 2. The van der Waals surface area contributed by atoms with Crippen molar-refractivity contribution in [2.75, 3.05) is 17.9 Å². The van der Waals surface area contributed by atoms with E-state index >= 15 is 0 Å². The van der Waals surface area contributed by atoms with Gasteiger partial charge in [0.05, 0.1) is 5.75 Å². The summed E-state index contributed by atoms with van der Waals surface area (Å²) in [5.74, 6) is 2.45. The standard InChI is InChI=1S/C21H20N4O3S/c26-20(23-11-15-4-2-1-3-5-15)13-29-21-9-8-19(24-25-21)22-12-16-6-7-17-18(10-16)28-14-27-17/h1-10H,11-14H2,(H,22,24)(H,23,26). The number of aromatic nitrogens is 2. The number of nitrogens with zero attached hydrogens (tertiary/aromatic N) is 2. The maximum absolute atomic E-state index is 12.0. The van der Waals surface area contributed by atoms with Gasteiger partial charge < -0.3 is 20.1 Å². The van der Waals surface area contributed by atoms with Crippen molar-refractivity contribution in [2.45, 2.75) is 18.1 Å². The zero-order valence-electron chi connectivity index (χ0n) is 15.6. The third-order valence-corrected chi connectivity index (χ3v) is 5.15. The molecule has 4 rings (SSSR count). The van der Waals surface area contributed by atoms with Crippen LogP contribution in [0.2, 0.25) is 0 Å². The summed E-state index contributed by atoms with van der Waals surface area (Å²) in [6.45, 7) is 1.38. The number of hydrogen-bond acceptors (Lipinski definition) is 7. The number of ether oxygens (including phenoxy) is 2. The Hall–Kier alpha value is -3.26. The Morgan fingerprint density at radius 2 is 1.79 bits per heavy atom. The molecule has 0 saturated heterocycles. The minimum atomic E-state index is -0.0364. The Kier molecular flexibility index (Phi) is 6.11. The molecule has 0 aliphatic carbocycles. The normalized spacial score (nSPS) is 11.9. The Morgan fingerprint density at radius 3 is 2.62 bits per heavy atom. The van der Waals surface area contributed by atoms with Crippen LogP contribution >= 0.6 is 11.8 Å². The highest BCUT2D eigenvalue weighted by atomic mass is 32.2. The molecule has 3 aromatic rings. The molecular formula is C21H20N4O3S. The fourth-order valence-electron chi connectivity index (χ4n) is 2.72. The second-order valence-corrected chi connectivity index (χ2v) is 7.34. The predicted molar refractivity (Wildman–Crippen MR) is 111 cm³/mol. The van der Waals surface area contributed by atoms with E-state index in [9.17, 15) is 4.79 Å². The number of rotatable bonds is 8. The fraction of sp³-hybridized carbons (Fsp3) is 0.190. The van der Waals surface area contributed by atoms with Crippen molar-refractivity contribution in [1.29, 1.82) is 0 Å². The molecule has 2 heterocycles. The number of carbonyl (C=O) groups is 1. The Morgan fingerprint density at radius 1 is 0.931 bits per heavy atom. The second-order valence-electron chi connectivity index (χ2n) is 6.35. The predicted octanol–water partition coefficient (Wildman–Crippen LogP) is 3.23. The number of fused-ring (bicyclic) bond motifs is 1. The Balaban J connectivity index is 1.21. The van der Waals surface area contributed by atoms with Crippen LogP contribution in [-0.4, -0.2) is 28.7 Å². The van der Waals surface area contributed by atoms with E-state index in [0.717, 1.165) is 22.6 Å². The first-order valence-corrected chi connectivity index (χ1v) is 10.1. The molecule has 148 valence electrons. The van der Waals surface area contributed by atoms with E-state index in [2.05, 4.69) is 20.8 Å². The van der Waals surface area contributed by atoms with Gasteiger partial charge in [0.2, 0.25) is 12.7 Å². The number of carbonyl (C=O) groups excluding carboxylic acids is 1. The summed E-state index contributed by atoms with van der Waals surface area (Å²) in [4.78, 5) is 12.0. The average molecular weight is 408 g/mol. The molecule has 1 aliphatic heterocycles. The average Bonchev–Trinajstić information content (AvgIpc) is 3.24. The number of thioether (sulfide) groups is 1. The van der Waals surface area contributed by atoms with Crippen LogP contribution in [0.3, 0.4) is 0 Å². The molecule has 29 heavy (non-hydrogen) atoms. The first-order valence-electron chi connectivity index (χ1n) is 9.16. The lowest BCUT2D eigenvalue weighted by molar-refractivity contribution is -0.118. The van der Waals surface area contributed by atoms with Crippen LogP contribution in [0.4, 0.5) is 5.82 Å². The van der Waals surface area contributed by atoms with Gasteiger partial charge in [-0.25, -0.2) is 0 Å². The smallest absolute Gasteiger partial charge is 0.231 e. The maximum Gasteiger partial charge on any atom is 0.231 e. The van der Waals surface area contributed by atoms with Gasteiger partial charge in [0.1, 0.15) is 10.8 Å². The minimum Gasteiger partial charge on any atom is -0.454 e. The SMILES string of the molecule is O=C(CSc1ccc(NCc2ccc3c(c2)OCO3)nn1)NCc1ccccc1. The largest absolute Gasteiger partial charge is 0.454 e. The van der Waals surface area contributed by atoms with Gasteiger partial charge in [0.15, 0.2) is 11.5 Å². The maximum atomic E-state index is 12.0. The Bertz CT molecular complexity index is 967.